The van der Waals surface area contributed by atoms with Gasteiger partial charge in [-0.3, -0.25) is 18.9 Å². The van der Waals surface area contributed by atoms with Crippen LogP contribution in [0.1, 0.15) is 36.8 Å². The second kappa shape index (κ2) is 12.1. The summed E-state index contributed by atoms with van der Waals surface area (Å²) in [6.07, 6.45) is 6.16. The minimum atomic E-state index is -4.21. The molecular weight excluding hydrogens is 562 g/mol. The molecule has 3 heterocycles. The summed E-state index contributed by atoms with van der Waals surface area (Å²) < 4.78 is 29.3. The quantitative estimate of drug-likeness (QED) is 0.391. The molecule has 41 heavy (non-hydrogen) atoms. The van der Waals surface area contributed by atoms with Crippen LogP contribution in [0.4, 0.5) is 17.1 Å². The standard InChI is InChI=1S/C30H34ClN5O4S/c1-20-18-28(21(2)17-24(20)31)41(39,40)36-26-6-4-3-5-25(26)34-30(38)27(36)19-29(37)33-14-7-22-10-15-35(16-11-22)23-8-12-32-13-9-23/h3-6,8-9,12-13,17-18,22,27H,7,10-11,14-16,19H2,1-2H3,(H,33,37)(H,34,38). The van der Waals surface area contributed by atoms with Crippen LogP contribution in [0.25, 0.3) is 0 Å². The van der Waals surface area contributed by atoms with Crippen LogP contribution in [-0.4, -0.2) is 50.9 Å². The molecule has 1 aromatic heterocycles. The smallest absolute Gasteiger partial charge is 0.265 e. The second-order valence-electron chi connectivity index (χ2n) is 10.7. The molecule has 2 amide bonds. The zero-order valence-corrected chi connectivity index (χ0v) is 24.7. The number of nitrogens with one attached hydrogen (secondary N) is 2. The Balaban J connectivity index is 1.27. The number of carbonyl (C=O) groups is 2. The van der Waals surface area contributed by atoms with Crippen LogP contribution in [0, 0.1) is 19.8 Å². The van der Waals surface area contributed by atoms with E-state index in [1.165, 1.54) is 11.8 Å². The third kappa shape index (κ3) is 6.18. The van der Waals surface area contributed by atoms with Crippen molar-refractivity contribution < 1.29 is 18.0 Å². The number of pyridine rings is 1. The minimum Gasteiger partial charge on any atom is -0.371 e. The molecule has 0 spiro atoms. The van der Waals surface area contributed by atoms with Crippen LogP contribution >= 0.6 is 11.6 Å². The zero-order chi connectivity index (χ0) is 29.1. The molecule has 3 aromatic rings. The molecule has 0 bridgehead atoms. The molecule has 5 rings (SSSR count). The van der Waals surface area contributed by atoms with Gasteiger partial charge < -0.3 is 15.5 Å². The van der Waals surface area contributed by atoms with Crippen LogP contribution in [0.3, 0.4) is 0 Å². The summed E-state index contributed by atoms with van der Waals surface area (Å²) in [6.45, 7) is 5.75. The van der Waals surface area contributed by atoms with Gasteiger partial charge in [0.1, 0.15) is 6.04 Å². The van der Waals surface area contributed by atoms with Gasteiger partial charge in [-0.25, -0.2) is 8.42 Å². The van der Waals surface area contributed by atoms with Crippen molar-refractivity contribution in [3.63, 3.8) is 0 Å². The van der Waals surface area contributed by atoms with Crippen LogP contribution in [0.2, 0.25) is 5.02 Å². The number of piperidine rings is 1. The highest BCUT2D eigenvalue weighted by Gasteiger charge is 2.42. The average Bonchev–Trinajstić information content (AvgIpc) is 2.96. The number of aryl methyl sites for hydroxylation is 2. The van der Waals surface area contributed by atoms with Gasteiger partial charge in [0, 0.05) is 42.7 Å². The number of nitrogens with zero attached hydrogens (tertiary/aromatic N) is 3. The largest absolute Gasteiger partial charge is 0.371 e. The summed E-state index contributed by atoms with van der Waals surface area (Å²) in [5.41, 5.74) is 2.92. The van der Waals surface area contributed by atoms with E-state index < -0.39 is 22.0 Å². The number of carbonyl (C=O) groups excluding carboxylic acids is 2. The highest BCUT2D eigenvalue weighted by atomic mass is 35.5. The van der Waals surface area contributed by atoms with E-state index in [0.717, 1.165) is 36.7 Å². The summed E-state index contributed by atoms with van der Waals surface area (Å²) in [4.78, 5) is 32.8. The fourth-order valence-corrected chi connectivity index (χ4v) is 7.72. The lowest BCUT2D eigenvalue weighted by Gasteiger charge is -2.37. The molecule has 0 aliphatic carbocycles. The number of sulfonamides is 1. The molecule has 1 fully saturated rings. The van der Waals surface area contributed by atoms with Crippen LogP contribution in [-0.2, 0) is 19.6 Å². The molecule has 9 nitrogen and oxygen atoms in total. The van der Waals surface area contributed by atoms with E-state index in [0.29, 0.717) is 40.0 Å². The number of benzene rings is 2. The number of hydrogen-bond donors (Lipinski definition) is 2. The van der Waals surface area contributed by atoms with Gasteiger partial charge in [0.25, 0.3) is 10.0 Å². The van der Waals surface area contributed by atoms with Crippen LogP contribution in [0.15, 0.2) is 65.8 Å². The van der Waals surface area contributed by atoms with Crippen molar-refractivity contribution in [2.24, 2.45) is 5.92 Å². The van der Waals surface area contributed by atoms with E-state index in [1.807, 2.05) is 12.1 Å². The Morgan fingerprint density at radius 3 is 2.51 bits per heavy atom. The lowest BCUT2D eigenvalue weighted by atomic mass is 9.93. The van der Waals surface area contributed by atoms with Gasteiger partial charge in [0.2, 0.25) is 11.8 Å². The first-order chi connectivity index (χ1) is 19.6. The maximum absolute atomic E-state index is 14.1. The van der Waals surface area contributed by atoms with Gasteiger partial charge in [-0.05, 0) is 86.6 Å². The summed E-state index contributed by atoms with van der Waals surface area (Å²) in [5.74, 6) is -0.441. The molecule has 216 valence electrons. The highest BCUT2D eigenvalue weighted by molar-refractivity contribution is 7.93. The molecule has 0 saturated carbocycles. The van der Waals surface area contributed by atoms with Gasteiger partial charge in [-0.2, -0.15) is 0 Å². The summed E-state index contributed by atoms with van der Waals surface area (Å²) in [7, 11) is -4.21. The highest BCUT2D eigenvalue weighted by Crippen LogP contribution is 2.38. The molecular formula is C30H34ClN5O4S. The predicted molar refractivity (Wildman–Crippen MR) is 161 cm³/mol. The molecule has 2 aliphatic rings. The van der Waals surface area contributed by atoms with Gasteiger partial charge in [-0.15, -0.1) is 0 Å². The van der Waals surface area contributed by atoms with Crippen molar-refractivity contribution in [2.45, 2.75) is 50.5 Å². The number of para-hydroxylation sites is 2. The van der Waals surface area contributed by atoms with Crippen molar-refractivity contribution in [1.82, 2.24) is 10.3 Å². The zero-order valence-electron chi connectivity index (χ0n) is 23.1. The molecule has 11 heteroatoms. The number of fused-ring (bicyclic) bond motifs is 1. The second-order valence-corrected chi connectivity index (χ2v) is 12.9. The Hall–Kier alpha value is -3.63. The van der Waals surface area contributed by atoms with E-state index in [2.05, 4.69) is 20.5 Å². The summed E-state index contributed by atoms with van der Waals surface area (Å²) in [5, 5.41) is 6.16. The fourth-order valence-electron chi connectivity index (χ4n) is 5.57. The number of aromatic nitrogens is 1. The number of halogens is 1. The van der Waals surface area contributed by atoms with Crippen molar-refractivity contribution in [1.29, 1.82) is 0 Å². The van der Waals surface area contributed by atoms with E-state index in [9.17, 15) is 18.0 Å². The molecule has 1 atom stereocenters. The van der Waals surface area contributed by atoms with Crippen molar-refractivity contribution in [2.75, 3.05) is 34.2 Å². The third-order valence-electron chi connectivity index (χ3n) is 7.87. The molecule has 0 radical (unpaired) electrons. The Morgan fingerprint density at radius 2 is 1.78 bits per heavy atom. The molecule has 2 aliphatic heterocycles. The van der Waals surface area contributed by atoms with Crippen molar-refractivity contribution in [3.8, 4) is 0 Å². The maximum Gasteiger partial charge on any atom is 0.265 e. The van der Waals surface area contributed by atoms with Gasteiger partial charge in [0.15, 0.2) is 0 Å². The number of amides is 2. The monoisotopic (exact) mass is 595 g/mol. The molecule has 1 saturated heterocycles. The first-order valence-electron chi connectivity index (χ1n) is 13.8. The van der Waals surface area contributed by atoms with Crippen molar-refractivity contribution >= 4 is 50.5 Å². The van der Waals surface area contributed by atoms with E-state index >= 15 is 0 Å². The Kier molecular flexibility index (Phi) is 8.51. The summed E-state index contributed by atoms with van der Waals surface area (Å²) >= 11 is 6.23. The number of hydrogen-bond acceptors (Lipinski definition) is 6. The Bertz CT molecular complexity index is 1540. The summed E-state index contributed by atoms with van der Waals surface area (Å²) in [6, 6.07) is 12.6. The topological polar surface area (TPSA) is 112 Å². The average molecular weight is 596 g/mol. The van der Waals surface area contributed by atoms with E-state index in [1.54, 1.807) is 56.6 Å². The van der Waals surface area contributed by atoms with Gasteiger partial charge >= 0.3 is 0 Å². The Morgan fingerprint density at radius 1 is 1.07 bits per heavy atom. The Labute approximate surface area is 246 Å². The first-order valence-corrected chi connectivity index (χ1v) is 15.6. The minimum absolute atomic E-state index is 0.0485. The predicted octanol–water partition coefficient (Wildman–Crippen LogP) is 4.68. The van der Waals surface area contributed by atoms with Crippen LogP contribution in [0.5, 0.6) is 0 Å². The van der Waals surface area contributed by atoms with Gasteiger partial charge in [0.05, 0.1) is 22.7 Å². The molecule has 1 unspecified atom stereocenters. The van der Waals surface area contributed by atoms with Gasteiger partial charge in [-0.1, -0.05) is 23.7 Å². The van der Waals surface area contributed by atoms with Crippen LogP contribution < -0.4 is 19.8 Å². The van der Waals surface area contributed by atoms with E-state index in [-0.39, 0.29) is 17.2 Å². The fraction of sp³-hybridized carbons (Fsp3) is 0.367. The third-order valence-corrected chi connectivity index (χ3v) is 10.2. The maximum atomic E-state index is 14.1. The lowest BCUT2D eigenvalue weighted by molar-refractivity contribution is -0.125. The normalized spacial score (nSPS) is 17.6. The first kappa shape index (κ1) is 28.9. The lowest BCUT2D eigenvalue weighted by Crippen LogP contribution is -2.53. The number of rotatable bonds is 8. The molecule has 2 N–H and O–H groups in total. The molecule has 2 aromatic carbocycles. The SMILES string of the molecule is Cc1cc(S(=O)(=O)N2c3ccccc3NC(=O)C2CC(=O)NCCC2CCN(c3ccncc3)CC2)c(C)cc1Cl. The van der Waals surface area contributed by atoms with Crippen molar-refractivity contribution in [3.05, 3.63) is 77.1 Å². The van der Waals surface area contributed by atoms with E-state index in [4.69, 9.17) is 11.6 Å². The number of anilines is 3.